The van der Waals surface area contributed by atoms with Gasteiger partial charge in [0.25, 0.3) is 24.2 Å². The highest BCUT2D eigenvalue weighted by molar-refractivity contribution is 7.46. The SMILES string of the molecule is CNCCCCCCOP(=O)([O-])OC.CNCCCCCCOP(OCCC#N)N(C(C)C)C(C)C.CO.CO.COP(=O)([O-])OCCCCCCN. The molecular weight excluding hydrogens is 751 g/mol. The lowest BCUT2D eigenvalue weighted by molar-refractivity contribution is -0.224. The first-order valence-electron chi connectivity index (χ1n) is 18.4. The van der Waals surface area contributed by atoms with E-state index in [4.69, 9.17) is 30.3 Å². The van der Waals surface area contributed by atoms with Crippen LogP contribution in [0.1, 0.15) is 111 Å². The molecule has 17 nitrogen and oxygen atoms in total. The van der Waals surface area contributed by atoms with E-state index in [1.807, 2.05) is 14.1 Å². The maximum Gasteiger partial charge on any atom is 0.267 e. The standard InChI is InChI=1S/C16H34N3O2P.C8H20NO4P.C7H18NO4P.2CH4O/c1-15(2)19(16(3)4)22(21-14-10-11-17)20-13-9-7-6-8-12-18-5;1-9-7-5-3-4-6-8-13-14(10,11)12-2;1-11-13(9,10)12-7-5-3-2-4-6-8;2*1-2/h15-16,18H,6-10,12-14H2,1-5H3;9H,3-8H2,1-2H3,(H,10,11);2-8H2,1H3,(H,9,10);2*2H,1H3/p-2. The summed E-state index contributed by atoms with van der Waals surface area (Å²) in [7, 11) is -0.990. The number of nitrogens with zero attached hydrogens (tertiary/aromatic N) is 2. The van der Waals surface area contributed by atoms with E-state index in [1.165, 1.54) is 19.3 Å². The van der Waals surface area contributed by atoms with Crippen LogP contribution in [0, 0.1) is 11.3 Å². The zero-order chi connectivity index (χ0) is 41.8. The molecule has 3 unspecified atom stereocenters. The lowest BCUT2D eigenvalue weighted by atomic mass is 10.2. The first-order chi connectivity index (χ1) is 25.3. The van der Waals surface area contributed by atoms with Gasteiger partial charge in [0.2, 0.25) is 0 Å². The average molecular weight is 830 g/mol. The maximum atomic E-state index is 10.7. The van der Waals surface area contributed by atoms with E-state index in [9.17, 15) is 18.9 Å². The third-order valence-corrected chi connectivity index (χ3v) is 10.6. The predicted octanol–water partition coefficient (Wildman–Crippen LogP) is 4.81. The largest absolute Gasteiger partial charge is 0.756 e. The lowest BCUT2D eigenvalue weighted by Crippen LogP contribution is -2.33. The molecule has 0 aromatic carbocycles. The third kappa shape index (κ3) is 49.8. The monoisotopic (exact) mass is 829 g/mol. The van der Waals surface area contributed by atoms with Crippen molar-refractivity contribution in [1.82, 2.24) is 15.3 Å². The Morgan fingerprint density at radius 3 is 1.38 bits per heavy atom. The second-order valence-corrected chi connectivity index (χ2v) is 16.0. The molecule has 0 spiro atoms. The van der Waals surface area contributed by atoms with Gasteiger partial charge in [0, 0.05) is 40.5 Å². The van der Waals surface area contributed by atoms with Gasteiger partial charge in [-0.1, -0.05) is 38.5 Å². The molecular formula is C33H78N5O12P3-2. The number of nitriles is 1. The molecule has 0 saturated carbocycles. The molecule has 0 rings (SSSR count). The summed E-state index contributed by atoms with van der Waals surface area (Å²) in [6, 6.07) is 2.85. The first-order valence-corrected chi connectivity index (χ1v) is 22.5. The molecule has 0 aliphatic heterocycles. The molecule has 0 aliphatic rings. The predicted molar refractivity (Wildman–Crippen MR) is 211 cm³/mol. The van der Waals surface area contributed by atoms with Crippen LogP contribution in [0.15, 0.2) is 0 Å². The smallest absolute Gasteiger partial charge is 0.267 e. The van der Waals surface area contributed by atoms with Gasteiger partial charge in [0.05, 0.1) is 38.9 Å². The van der Waals surface area contributed by atoms with Gasteiger partial charge in [-0.05, 0) is 99.9 Å². The molecule has 3 atom stereocenters. The Morgan fingerprint density at radius 1 is 0.679 bits per heavy atom. The number of rotatable bonds is 31. The minimum absolute atomic E-state index is 0.194. The van der Waals surface area contributed by atoms with Crippen molar-refractivity contribution in [3.05, 3.63) is 0 Å². The molecule has 6 N–H and O–H groups in total. The van der Waals surface area contributed by atoms with E-state index in [2.05, 4.69) is 67.2 Å². The number of nitrogens with one attached hydrogen (secondary N) is 2. The molecule has 0 aliphatic carbocycles. The molecule has 0 radical (unpaired) electrons. The van der Waals surface area contributed by atoms with Gasteiger partial charge >= 0.3 is 0 Å². The number of unbranched alkanes of at least 4 members (excludes halogenated alkanes) is 9. The Bertz CT molecular complexity index is 842. The summed E-state index contributed by atoms with van der Waals surface area (Å²) in [5.74, 6) is 0. The topological polar surface area (TPSA) is 253 Å². The van der Waals surface area contributed by atoms with Crippen LogP contribution in [0.5, 0.6) is 0 Å². The second kappa shape index (κ2) is 48.0. The van der Waals surface area contributed by atoms with Crippen LogP contribution < -0.4 is 26.2 Å². The minimum atomic E-state index is -4.00. The highest BCUT2D eigenvalue weighted by Gasteiger charge is 2.26. The van der Waals surface area contributed by atoms with Crippen molar-refractivity contribution in [2.24, 2.45) is 5.73 Å². The summed E-state index contributed by atoms with van der Waals surface area (Å²) in [5.41, 5.74) is 5.29. The molecule has 20 heteroatoms. The quantitative estimate of drug-likeness (QED) is 0.0464. The number of aliphatic hydroxyl groups is 2. The van der Waals surface area contributed by atoms with Gasteiger partial charge in [0.1, 0.15) is 0 Å². The Kier molecular flexibility index (Phi) is 56.1. The molecule has 53 heavy (non-hydrogen) atoms. The van der Waals surface area contributed by atoms with E-state index in [0.717, 1.165) is 106 Å². The molecule has 0 heterocycles. The first kappa shape index (κ1) is 62.0. The van der Waals surface area contributed by atoms with Gasteiger partial charge in [-0.3, -0.25) is 9.13 Å². The molecule has 0 aromatic rings. The summed E-state index contributed by atoms with van der Waals surface area (Å²) in [4.78, 5) is 21.4. The van der Waals surface area contributed by atoms with Gasteiger partial charge in [-0.15, -0.1) is 0 Å². The van der Waals surface area contributed by atoms with Crippen molar-refractivity contribution in [1.29, 1.82) is 5.26 Å². The normalized spacial score (nSPS) is 13.5. The van der Waals surface area contributed by atoms with E-state index in [-0.39, 0.29) is 13.2 Å². The molecule has 324 valence electrons. The van der Waals surface area contributed by atoms with Crippen LogP contribution in [0.4, 0.5) is 0 Å². The highest BCUT2D eigenvalue weighted by atomic mass is 31.2. The summed E-state index contributed by atoms with van der Waals surface area (Å²) in [5, 5.41) is 28.9. The number of hydrogen-bond acceptors (Lipinski definition) is 17. The van der Waals surface area contributed by atoms with E-state index >= 15 is 0 Å². The van der Waals surface area contributed by atoms with E-state index < -0.39 is 24.2 Å². The number of aliphatic hydroxyl groups excluding tert-OH is 2. The number of nitrogens with two attached hydrogens (primary N) is 1. The Balaban J connectivity index is -0.000000216. The molecule has 0 fully saturated rings. The maximum absolute atomic E-state index is 10.7. The van der Waals surface area contributed by atoms with Crippen molar-refractivity contribution in [3.63, 3.8) is 0 Å². The van der Waals surface area contributed by atoms with Crippen LogP contribution >= 0.6 is 24.2 Å². The van der Waals surface area contributed by atoms with Gasteiger partial charge < -0.3 is 63.5 Å². The summed E-state index contributed by atoms with van der Waals surface area (Å²) in [6.07, 6.45) is 12.7. The number of hydrogen-bond donors (Lipinski definition) is 5. The van der Waals surface area contributed by atoms with Crippen LogP contribution in [0.3, 0.4) is 0 Å². The van der Waals surface area contributed by atoms with Crippen molar-refractivity contribution in [2.75, 3.05) is 88.6 Å². The zero-order valence-electron chi connectivity index (χ0n) is 34.6. The third-order valence-electron chi connectivity index (χ3n) is 6.55. The van der Waals surface area contributed by atoms with Crippen molar-refractivity contribution in [3.8, 4) is 6.07 Å². The van der Waals surface area contributed by atoms with E-state index in [1.54, 1.807) is 0 Å². The van der Waals surface area contributed by atoms with Crippen LogP contribution in [-0.4, -0.2) is 116 Å². The van der Waals surface area contributed by atoms with Gasteiger partial charge in [-0.2, -0.15) is 5.26 Å². The highest BCUT2D eigenvalue weighted by Crippen LogP contribution is 2.46. The minimum Gasteiger partial charge on any atom is -0.756 e. The Labute approximate surface area is 324 Å². The fourth-order valence-corrected chi connectivity index (χ4v) is 6.57. The lowest BCUT2D eigenvalue weighted by Gasteiger charge is -2.35. The fourth-order valence-electron chi connectivity index (χ4n) is 4.03. The summed E-state index contributed by atoms with van der Waals surface area (Å²) in [6.45, 7) is 13.0. The van der Waals surface area contributed by atoms with Crippen molar-refractivity contribution in [2.45, 2.75) is 123 Å². The zero-order valence-corrected chi connectivity index (χ0v) is 37.3. The molecule has 0 amide bonds. The number of phosphoric ester groups is 2. The van der Waals surface area contributed by atoms with Gasteiger partial charge in [0.15, 0.2) is 0 Å². The Morgan fingerprint density at radius 2 is 1.04 bits per heavy atom. The average Bonchev–Trinajstić information content (AvgIpc) is 3.14. The molecule has 0 aromatic heterocycles. The van der Waals surface area contributed by atoms with E-state index in [0.29, 0.717) is 31.7 Å². The van der Waals surface area contributed by atoms with Crippen LogP contribution in [0.2, 0.25) is 0 Å². The second-order valence-electron chi connectivity index (χ2n) is 11.5. The van der Waals surface area contributed by atoms with Gasteiger partial charge in [-0.25, -0.2) is 4.67 Å². The van der Waals surface area contributed by atoms with Crippen molar-refractivity contribution < 1.29 is 56.3 Å². The molecule has 0 saturated heterocycles. The summed E-state index contributed by atoms with van der Waals surface area (Å²) < 4.78 is 52.8. The molecule has 0 bridgehead atoms. The van der Waals surface area contributed by atoms with Crippen LogP contribution in [-0.2, 0) is 36.3 Å². The fraction of sp³-hybridized carbons (Fsp3) is 0.970. The van der Waals surface area contributed by atoms with Crippen LogP contribution in [0.25, 0.3) is 0 Å². The Hall–Kier alpha value is -0.180. The van der Waals surface area contributed by atoms with Crippen molar-refractivity contribution >= 4 is 24.2 Å². The number of phosphoric acid groups is 2. The summed E-state index contributed by atoms with van der Waals surface area (Å²) >= 11 is 0.